The predicted octanol–water partition coefficient (Wildman–Crippen LogP) is 4.30. The van der Waals surface area contributed by atoms with Gasteiger partial charge in [0.05, 0.1) is 23.7 Å². The summed E-state index contributed by atoms with van der Waals surface area (Å²) in [7, 11) is 1.64. The SMILES string of the molecule is COc1cc(C)ccc1Oc1nc2cc(C)nn2c2ccccc12. The van der Waals surface area contributed by atoms with Gasteiger partial charge in [0.15, 0.2) is 17.1 Å². The maximum absolute atomic E-state index is 6.11. The Morgan fingerprint density at radius 1 is 0.958 bits per heavy atom. The third-order valence-corrected chi connectivity index (χ3v) is 3.92. The molecule has 5 nitrogen and oxygen atoms in total. The van der Waals surface area contributed by atoms with Gasteiger partial charge in [-0.2, -0.15) is 10.1 Å². The summed E-state index contributed by atoms with van der Waals surface area (Å²) in [5.41, 5.74) is 3.74. The quantitative estimate of drug-likeness (QED) is 0.565. The predicted molar refractivity (Wildman–Crippen MR) is 93.0 cm³/mol. The molecule has 0 aliphatic rings. The van der Waals surface area contributed by atoms with Crippen LogP contribution in [0.2, 0.25) is 0 Å². The van der Waals surface area contributed by atoms with E-state index in [1.807, 2.05) is 66.9 Å². The maximum Gasteiger partial charge on any atom is 0.230 e. The lowest BCUT2D eigenvalue weighted by atomic mass is 10.2. The van der Waals surface area contributed by atoms with Gasteiger partial charge in [-0.15, -0.1) is 0 Å². The van der Waals surface area contributed by atoms with Gasteiger partial charge in [-0.3, -0.25) is 0 Å². The second-order valence-electron chi connectivity index (χ2n) is 5.75. The van der Waals surface area contributed by atoms with E-state index in [2.05, 4.69) is 10.1 Å². The van der Waals surface area contributed by atoms with Gasteiger partial charge in [-0.25, -0.2) is 4.52 Å². The van der Waals surface area contributed by atoms with Gasteiger partial charge in [0.2, 0.25) is 5.88 Å². The van der Waals surface area contributed by atoms with Crippen LogP contribution in [-0.4, -0.2) is 21.7 Å². The highest BCUT2D eigenvalue weighted by molar-refractivity contribution is 5.86. The lowest BCUT2D eigenvalue weighted by Crippen LogP contribution is -1.98. The summed E-state index contributed by atoms with van der Waals surface area (Å²) in [6.45, 7) is 3.97. The van der Waals surface area contributed by atoms with Crippen molar-refractivity contribution in [1.82, 2.24) is 14.6 Å². The number of para-hydroxylation sites is 1. The molecule has 4 rings (SSSR count). The Balaban J connectivity index is 1.92. The first-order valence-corrected chi connectivity index (χ1v) is 7.73. The van der Waals surface area contributed by atoms with Crippen LogP contribution in [-0.2, 0) is 0 Å². The molecule has 2 aromatic heterocycles. The molecule has 0 radical (unpaired) electrons. The van der Waals surface area contributed by atoms with E-state index in [0.29, 0.717) is 17.4 Å². The molecule has 0 N–H and O–H groups in total. The molecule has 2 heterocycles. The van der Waals surface area contributed by atoms with Crippen molar-refractivity contribution in [2.75, 3.05) is 7.11 Å². The average Bonchev–Trinajstić information content (AvgIpc) is 2.97. The number of hydrogen-bond acceptors (Lipinski definition) is 4. The van der Waals surface area contributed by atoms with Crippen molar-refractivity contribution >= 4 is 16.6 Å². The summed E-state index contributed by atoms with van der Waals surface area (Å²) < 4.78 is 13.4. The molecule has 0 spiro atoms. The molecule has 24 heavy (non-hydrogen) atoms. The monoisotopic (exact) mass is 319 g/mol. The number of ether oxygens (including phenoxy) is 2. The van der Waals surface area contributed by atoms with Crippen LogP contribution < -0.4 is 9.47 Å². The summed E-state index contributed by atoms with van der Waals surface area (Å²) in [6.07, 6.45) is 0. The minimum absolute atomic E-state index is 0.542. The van der Waals surface area contributed by atoms with Crippen molar-refractivity contribution in [2.45, 2.75) is 13.8 Å². The van der Waals surface area contributed by atoms with E-state index in [0.717, 1.165) is 27.8 Å². The van der Waals surface area contributed by atoms with Crippen LogP contribution in [0.3, 0.4) is 0 Å². The first-order valence-electron chi connectivity index (χ1n) is 7.73. The first kappa shape index (κ1) is 14.5. The molecular weight excluding hydrogens is 302 g/mol. The number of aryl methyl sites for hydroxylation is 2. The standard InChI is InChI=1S/C19H17N3O2/c1-12-8-9-16(17(10-12)23-3)24-19-14-6-4-5-7-15(14)22-18(20-19)11-13(2)21-22/h4-11H,1-3H3. The summed E-state index contributed by atoms with van der Waals surface area (Å²) in [5, 5.41) is 5.41. The topological polar surface area (TPSA) is 48.7 Å². The zero-order valence-electron chi connectivity index (χ0n) is 13.8. The number of rotatable bonds is 3. The van der Waals surface area contributed by atoms with Crippen LogP contribution in [0.5, 0.6) is 17.4 Å². The molecule has 0 unspecified atom stereocenters. The maximum atomic E-state index is 6.11. The van der Waals surface area contributed by atoms with Crippen molar-refractivity contribution in [1.29, 1.82) is 0 Å². The van der Waals surface area contributed by atoms with Crippen molar-refractivity contribution in [3.05, 3.63) is 59.8 Å². The lowest BCUT2D eigenvalue weighted by molar-refractivity contribution is 0.375. The van der Waals surface area contributed by atoms with Crippen LogP contribution in [0, 0.1) is 13.8 Å². The molecule has 2 aromatic carbocycles. The number of fused-ring (bicyclic) bond motifs is 3. The van der Waals surface area contributed by atoms with E-state index in [-0.39, 0.29) is 0 Å². The van der Waals surface area contributed by atoms with Gasteiger partial charge in [-0.05, 0) is 43.7 Å². The Morgan fingerprint density at radius 3 is 2.62 bits per heavy atom. The molecule has 0 bridgehead atoms. The Bertz CT molecular complexity index is 1050. The van der Waals surface area contributed by atoms with Crippen molar-refractivity contribution < 1.29 is 9.47 Å². The normalized spacial score (nSPS) is 11.1. The molecule has 5 heteroatoms. The highest BCUT2D eigenvalue weighted by atomic mass is 16.5. The van der Waals surface area contributed by atoms with Crippen LogP contribution in [0.1, 0.15) is 11.3 Å². The summed E-state index contributed by atoms with van der Waals surface area (Å²) in [4.78, 5) is 4.64. The second-order valence-corrected chi connectivity index (χ2v) is 5.75. The Hall–Kier alpha value is -3.08. The molecule has 0 aliphatic carbocycles. The van der Waals surface area contributed by atoms with Crippen LogP contribution in [0.15, 0.2) is 48.5 Å². The van der Waals surface area contributed by atoms with E-state index < -0.39 is 0 Å². The first-order chi connectivity index (χ1) is 11.7. The Morgan fingerprint density at radius 2 is 1.79 bits per heavy atom. The lowest BCUT2D eigenvalue weighted by Gasteiger charge is -2.12. The fraction of sp³-hybridized carbons (Fsp3) is 0.158. The fourth-order valence-electron chi connectivity index (χ4n) is 2.79. The van der Waals surface area contributed by atoms with Gasteiger partial charge in [0.25, 0.3) is 0 Å². The smallest absolute Gasteiger partial charge is 0.230 e. The van der Waals surface area contributed by atoms with E-state index in [1.165, 1.54) is 0 Å². The number of methoxy groups -OCH3 is 1. The average molecular weight is 319 g/mol. The molecular formula is C19H17N3O2. The molecule has 4 aromatic rings. The van der Waals surface area contributed by atoms with Crippen LogP contribution >= 0.6 is 0 Å². The summed E-state index contributed by atoms with van der Waals surface area (Å²) in [5.74, 6) is 1.87. The van der Waals surface area contributed by atoms with Gasteiger partial charge >= 0.3 is 0 Å². The molecule has 0 fully saturated rings. The number of nitrogens with zero attached hydrogens (tertiary/aromatic N) is 3. The second kappa shape index (κ2) is 5.53. The van der Waals surface area contributed by atoms with E-state index in [1.54, 1.807) is 7.11 Å². The highest BCUT2D eigenvalue weighted by Crippen LogP contribution is 2.35. The Kier molecular flexibility index (Phi) is 3.34. The van der Waals surface area contributed by atoms with Gasteiger partial charge < -0.3 is 9.47 Å². The number of hydrogen-bond donors (Lipinski definition) is 0. The van der Waals surface area contributed by atoms with Crippen molar-refractivity contribution in [3.63, 3.8) is 0 Å². The third-order valence-electron chi connectivity index (χ3n) is 3.92. The zero-order valence-corrected chi connectivity index (χ0v) is 13.8. The van der Waals surface area contributed by atoms with Gasteiger partial charge in [-0.1, -0.05) is 18.2 Å². The third kappa shape index (κ3) is 2.34. The molecule has 0 amide bonds. The van der Waals surface area contributed by atoms with Crippen molar-refractivity contribution in [2.24, 2.45) is 0 Å². The van der Waals surface area contributed by atoms with Crippen molar-refractivity contribution in [3.8, 4) is 17.4 Å². The summed E-state index contributed by atoms with van der Waals surface area (Å²) in [6, 6.07) is 15.7. The van der Waals surface area contributed by atoms with Gasteiger partial charge in [0, 0.05) is 6.07 Å². The molecule has 120 valence electrons. The highest BCUT2D eigenvalue weighted by Gasteiger charge is 2.13. The van der Waals surface area contributed by atoms with E-state index in [9.17, 15) is 0 Å². The van der Waals surface area contributed by atoms with E-state index in [4.69, 9.17) is 9.47 Å². The van der Waals surface area contributed by atoms with E-state index >= 15 is 0 Å². The summed E-state index contributed by atoms with van der Waals surface area (Å²) >= 11 is 0. The number of aromatic nitrogens is 3. The van der Waals surface area contributed by atoms with Crippen LogP contribution in [0.25, 0.3) is 16.6 Å². The Labute approximate surface area is 139 Å². The minimum atomic E-state index is 0.542. The molecule has 0 saturated heterocycles. The van der Waals surface area contributed by atoms with Crippen LogP contribution in [0.4, 0.5) is 0 Å². The molecule has 0 saturated carbocycles. The zero-order chi connectivity index (χ0) is 16.7. The fourth-order valence-corrected chi connectivity index (χ4v) is 2.79. The molecule has 0 aliphatic heterocycles. The molecule has 0 atom stereocenters. The number of benzene rings is 2. The minimum Gasteiger partial charge on any atom is -0.493 e. The van der Waals surface area contributed by atoms with Gasteiger partial charge in [0.1, 0.15) is 0 Å². The largest absolute Gasteiger partial charge is 0.493 e.